The topological polar surface area (TPSA) is 30.5 Å². The zero-order chi connectivity index (χ0) is 19.2. The molecule has 0 amide bonds. The molecule has 26 heavy (non-hydrogen) atoms. The van der Waals surface area contributed by atoms with Crippen molar-refractivity contribution in [2.45, 2.75) is 45.3 Å². The number of halogens is 1. The maximum atomic E-state index is 6.33. The normalized spacial score (nSPS) is 11.9. The highest BCUT2D eigenvalue weighted by Crippen LogP contribution is 2.37. The van der Waals surface area contributed by atoms with Crippen LogP contribution in [0.15, 0.2) is 48.5 Å². The lowest BCUT2D eigenvalue weighted by Crippen LogP contribution is -2.43. The van der Waals surface area contributed by atoms with E-state index in [2.05, 4.69) is 39.2 Å². The van der Waals surface area contributed by atoms with Gasteiger partial charge in [-0.25, -0.2) is 0 Å². The Morgan fingerprint density at radius 1 is 0.962 bits per heavy atom. The Kier molecular flexibility index (Phi) is 7.01. The molecule has 0 radical (unpaired) electrons. The van der Waals surface area contributed by atoms with E-state index in [9.17, 15) is 0 Å². The van der Waals surface area contributed by atoms with Crippen molar-refractivity contribution in [1.82, 2.24) is 0 Å². The minimum Gasteiger partial charge on any atom is -0.544 e. The first kappa shape index (κ1) is 20.7. The standard InChI is InChI=1S/C21H30ClNO2Si/c1-21(2,3)26(4,5)25-19-12-10-17(11-13-19)23-18-8-6-9-20(16-18)24-15-7-14-22/h6,8-13,16,23H,7,14-15H2,1-5H3. The van der Waals surface area contributed by atoms with E-state index in [0.717, 1.165) is 29.3 Å². The maximum Gasteiger partial charge on any atom is 0.250 e. The highest BCUT2D eigenvalue weighted by atomic mass is 35.5. The molecule has 0 spiro atoms. The van der Waals surface area contributed by atoms with Crippen LogP contribution in [-0.2, 0) is 0 Å². The second-order valence-corrected chi connectivity index (χ2v) is 13.0. The summed E-state index contributed by atoms with van der Waals surface area (Å²) in [6, 6.07) is 16.1. The molecule has 5 heteroatoms. The SMILES string of the molecule is CC(C)(C)[Si](C)(C)Oc1ccc(Nc2cccc(OCCCCl)c2)cc1. The molecule has 0 aromatic heterocycles. The lowest BCUT2D eigenvalue weighted by atomic mass is 10.2. The van der Waals surface area contributed by atoms with Crippen molar-refractivity contribution in [3.05, 3.63) is 48.5 Å². The van der Waals surface area contributed by atoms with Gasteiger partial charge in [0.05, 0.1) is 6.61 Å². The van der Waals surface area contributed by atoms with Gasteiger partial charge < -0.3 is 14.5 Å². The third-order valence-electron chi connectivity index (χ3n) is 4.70. The second kappa shape index (κ2) is 8.83. The summed E-state index contributed by atoms with van der Waals surface area (Å²) in [5, 5.41) is 3.59. The van der Waals surface area contributed by atoms with Crippen molar-refractivity contribution in [2.75, 3.05) is 17.8 Å². The number of rotatable bonds is 8. The molecule has 0 unspecified atom stereocenters. The van der Waals surface area contributed by atoms with Crippen LogP contribution in [0.2, 0.25) is 18.1 Å². The Morgan fingerprint density at radius 3 is 2.27 bits per heavy atom. The van der Waals surface area contributed by atoms with E-state index in [-0.39, 0.29) is 5.04 Å². The van der Waals surface area contributed by atoms with E-state index in [1.54, 1.807) is 0 Å². The maximum absolute atomic E-state index is 6.33. The molecule has 0 aliphatic rings. The van der Waals surface area contributed by atoms with Gasteiger partial charge in [-0.3, -0.25) is 0 Å². The van der Waals surface area contributed by atoms with Gasteiger partial charge in [-0.2, -0.15) is 0 Å². The van der Waals surface area contributed by atoms with Crippen molar-refractivity contribution in [3.63, 3.8) is 0 Å². The highest BCUT2D eigenvalue weighted by Gasteiger charge is 2.38. The van der Waals surface area contributed by atoms with Crippen molar-refractivity contribution in [2.24, 2.45) is 0 Å². The third kappa shape index (κ3) is 5.96. The van der Waals surface area contributed by atoms with Gasteiger partial charge in [0.25, 0.3) is 0 Å². The molecule has 0 aliphatic carbocycles. The van der Waals surface area contributed by atoms with Gasteiger partial charge in [0, 0.05) is 23.3 Å². The Bertz CT molecular complexity index is 696. The largest absolute Gasteiger partial charge is 0.544 e. The Balaban J connectivity index is 2.00. The number of hydrogen-bond acceptors (Lipinski definition) is 3. The number of benzene rings is 2. The Labute approximate surface area is 163 Å². The van der Waals surface area contributed by atoms with Crippen LogP contribution >= 0.6 is 11.6 Å². The summed E-state index contributed by atoms with van der Waals surface area (Å²) < 4.78 is 12.0. The molecule has 0 atom stereocenters. The number of hydrogen-bond donors (Lipinski definition) is 1. The van der Waals surface area contributed by atoms with Crippen LogP contribution < -0.4 is 14.5 Å². The summed E-state index contributed by atoms with van der Waals surface area (Å²) >= 11 is 5.68. The van der Waals surface area contributed by atoms with E-state index in [0.29, 0.717) is 12.5 Å². The molecule has 0 saturated carbocycles. The molecule has 0 fully saturated rings. The predicted octanol–water partition coefficient (Wildman–Crippen LogP) is 6.82. The molecule has 2 aromatic rings. The van der Waals surface area contributed by atoms with Gasteiger partial charge in [0.15, 0.2) is 0 Å². The van der Waals surface area contributed by atoms with Crippen LogP contribution in [0.25, 0.3) is 0 Å². The minimum atomic E-state index is -1.81. The van der Waals surface area contributed by atoms with Gasteiger partial charge in [-0.05, 0) is 61.0 Å². The molecule has 3 nitrogen and oxygen atoms in total. The van der Waals surface area contributed by atoms with Crippen LogP contribution in [0.1, 0.15) is 27.2 Å². The average molecular weight is 392 g/mol. The first-order valence-electron chi connectivity index (χ1n) is 9.06. The van der Waals surface area contributed by atoms with Gasteiger partial charge in [-0.15, -0.1) is 11.6 Å². The summed E-state index contributed by atoms with van der Waals surface area (Å²) in [5.74, 6) is 2.39. The first-order valence-corrected chi connectivity index (χ1v) is 12.5. The number of ether oxygens (including phenoxy) is 1. The highest BCUT2D eigenvalue weighted by molar-refractivity contribution is 6.74. The molecule has 142 valence electrons. The lowest BCUT2D eigenvalue weighted by molar-refractivity contribution is 0.318. The van der Waals surface area contributed by atoms with Crippen LogP contribution in [0.3, 0.4) is 0 Å². The molecule has 0 heterocycles. The summed E-state index contributed by atoms with van der Waals surface area (Å²) in [6.07, 6.45) is 0.842. The zero-order valence-electron chi connectivity index (χ0n) is 16.4. The lowest BCUT2D eigenvalue weighted by Gasteiger charge is -2.36. The number of nitrogens with one attached hydrogen (secondary N) is 1. The Hall–Kier alpha value is -1.65. The van der Waals surface area contributed by atoms with Gasteiger partial charge >= 0.3 is 0 Å². The van der Waals surface area contributed by atoms with Gasteiger partial charge in [0.1, 0.15) is 11.5 Å². The quantitative estimate of drug-likeness (QED) is 0.304. The first-order chi connectivity index (χ1) is 12.2. The number of anilines is 2. The van der Waals surface area contributed by atoms with E-state index in [1.807, 2.05) is 48.5 Å². The van der Waals surface area contributed by atoms with Crippen molar-refractivity contribution in [1.29, 1.82) is 0 Å². The van der Waals surface area contributed by atoms with Crippen LogP contribution in [0.4, 0.5) is 11.4 Å². The summed E-state index contributed by atoms with van der Waals surface area (Å²) in [5.41, 5.74) is 2.01. The predicted molar refractivity (Wildman–Crippen MR) is 115 cm³/mol. The monoisotopic (exact) mass is 391 g/mol. The van der Waals surface area contributed by atoms with Crippen LogP contribution in [0, 0.1) is 0 Å². The van der Waals surface area contributed by atoms with Crippen molar-refractivity contribution >= 4 is 31.3 Å². The molecule has 1 N–H and O–H groups in total. The molecular weight excluding hydrogens is 362 g/mol. The molecule has 0 saturated heterocycles. The van der Waals surface area contributed by atoms with Crippen molar-refractivity contribution in [3.8, 4) is 11.5 Å². The van der Waals surface area contributed by atoms with Crippen LogP contribution in [-0.4, -0.2) is 20.8 Å². The van der Waals surface area contributed by atoms with Gasteiger partial charge in [0.2, 0.25) is 8.32 Å². The summed E-state index contributed by atoms with van der Waals surface area (Å²) in [7, 11) is -1.81. The average Bonchev–Trinajstić information content (AvgIpc) is 2.56. The van der Waals surface area contributed by atoms with E-state index >= 15 is 0 Å². The van der Waals surface area contributed by atoms with Gasteiger partial charge in [-0.1, -0.05) is 26.8 Å². The smallest absolute Gasteiger partial charge is 0.250 e. The molecule has 2 rings (SSSR count). The van der Waals surface area contributed by atoms with Crippen molar-refractivity contribution < 1.29 is 9.16 Å². The molecular formula is C21H30ClNO2Si. The number of alkyl halides is 1. The molecule has 2 aromatic carbocycles. The van der Waals surface area contributed by atoms with Crippen LogP contribution in [0.5, 0.6) is 11.5 Å². The fourth-order valence-corrected chi connectivity index (χ4v) is 3.27. The summed E-state index contributed by atoms with van der Waals surface area (Å²) in [4.78, 5) is 0. The molecule has 0 aliphatic heterocycles. The fourth-order valence-electron chi connectivity index (χ4n) is 2.13. The second-order valence-electron chi connectivity index (χ2n) is 7.93. The van der Waals surface area contributed by atoms with E-state index in [4.69, 9.17) is 20.8 Å². The zero-order valence-corrected chi connectivity index (χ0v) is 18.2. The minimum absolute atomic E-state index is 0.188. The van der Waals surface area contributed by atoms with E-state index in [1.165, 1.54) is 0 Å². The summed E-state index contributed by atoms with van der Waals surface area (Å²) in [6.45, 7) is 11.9. The fraction of sp³-hybridized carbons (Fsp3) is 0.429. The Morgan fingerprint density at radius 2 is 1.65 bits per heavy atom. The van der Waals surface area contributed by atoms with E-state index < -0.39 is 8.32 Å². The molecule has 0 bridgehead atoms. The third-order valence-corrected chi connectivity index (χ3v) is 9.33.